The summed E-state index contributed by atoms with van der Waals surface area (Å²) in [6.07, 6.45) is 5.44. The number of hydrogen-bond acceptors (Lipinski definition) is 5. The van der Waals surface area contributed by atoms with Crippen molar-refractivity contribution in [2.75, 3.05) is 18.2 Å². The molecule has 7 heteroatoms. The normalized spacial score (nSPS) is 10.8. The number of amides is 1. The van der Waals surface area contributed by atoms with Gasteiger partial charge in [0.25, 0.3) is 0 Å². The monoisotopic (exact) mass is 373 g/mol. The number of nitrogens with two attached hydrogens (primary N) is 1. The molecule has 0 aliphatic carbocycles. The molecule has 1 amide bonds. The number of imidazole rings is 1. The molecule has 3 N–H and O–H groups in total. The number of fused-ring (bicyclic) bond motifs is 1. The predicted molar refractivity (Wildman–Crippen MR) is 109 cm³/mol. The van der Waals surface area contributed by atoms with Crippen molar-refractivity contribution in [3.05, 3.63) is 61.1 Å². The molecule has 4 aromatic rings. The molecule has 0 spiro atoms. The lowest BCUT2D eigenvalue weighted by atomic mass is 10.0. The van der Waals surface area contributed by atoms with Gasteiger partial charge in [0.1, 0.15) is 17.2 Å². The fraction of sp³-hybridized carbons (Fsp3) is 0.0952. The number of methoxy groups -OCH3 is 1. The van der Waals surface area contributed by atoms with Crippen molar-refractivity contribution in [3.8, 4) is 28.0 Å². The third kappa shape index (κ3) is 3.25. The van der Waals surface area contributed by atoms with Gasteiger partial charge < -0.3 is 20.2 Å². The molecule has 28 heavy (non-hydrogen) atoms. The molecule has 7 nitrogen and oxygen atoms in total. The topological polar surface area (TPSA) is 94.5 Å². The smallest absolute Gasteiger partial charge is 0.222 e. The van der Waals surface area contributed by atoms with Crippen LogP contribution in [-0.4, -0.2) is 27.4 Å². The first kappa shape index (κ1) is 17.5. The van der Waals surface area contributed by atoms with Crippen LogP contribution in [0.2, 0.25) is 0 Å². The van der Waals surface area contributed by atoms with Crippen LogP contribution >= 0.6 is 0 Å². The minimum atomic E-state index is -0.159. The maximum Gasteiger partial charge on any atom is 0.222 e. The molecule has 0 saturated carbocycles. The van der Waals surface area contributed by atoms with Crippen molar-refractivity contribution in [2.45, 2.75) is 6.92 Å². The number of benzene rings is 1. The molecule has 0 radical (unpaired) electrons. The number of ether oxygens (including phenoxy) is 1. The molecule has 0 atom stereocenters. The highest BCUT2D eigenvalue weighted by atomic mass is 16.5. The molecule has 0 fully saturated rings. The van der Waals surface area contributed by atoms with Crippen molar-refractivity contribution < 1.29 is 9.53 Å². The van der Waals surface area contributed by atoms with E-state index in [1.54, 1.807) is 19.5 Å². The summed E-state index contributed by atoms with van der Waals surface area (Å²) in [5.74, 6) is 1.52. The van der Waals surface area contributed by atoms with E-state index < -0.39 is 0 Å². The van der Waals surface area contributed by atoms with E-state index in [2.05, 4.69) is 15.3 Å². The summed E-state index contributed by atoms with van der Waals surface area (Å²) in [6, 6.07) is 13.5. The van der Waals surface area contributed by atoms with E-state index in [1.807, 2.05) is 53.1 Å². The number of para-hydroxylation sites is 1. The molecule has 140 valence electrons. The van der Waals surface area contributed by atoms with Crippen LogP contribution in [0.3, 0.4) is 0 Å². The number of nitrogen functional groups attached to an aromatic ring is 1. The van der Waals surface area contributed by atoms with Crippen LogP contribution in [0.4, 0.5) is 11.6 Å². The number of anilines is 2. The number of pyridine rings is 2. The molecule has 0 aliphatic heterocycles. The number of hydrogen-bond donors (Lipinski definition) is 2. The molecule has 4 rings (SSSR count). The fourth-order valence-corrected chi connectivity index (χ4v) is 3.12. The third-order valence-electron chi connectivity index (χ3n) is 4.40. The molecule has 1 aromatic carbocycles. The summed E-state index contributed by atoms with van der Waals surface area (Å²) in [7, 11) is 1.63. The van der Waals surface area contributed by atoms with Crippen LogP contribution < -0.4 is 15.8 Å². The van der Waals surface area contributed by atoms with Gasteiger partial charge in [0.15, 0.2) is 5.82 Å². The number of aromatic nitrogens is 3. The number of nitrogens with zero attached hydrogens (tertiary/aromatic N) is 3. The average Bonchev–Trinajstić information content (AvgIpc) is 3.09. The Balaban J connectivity index is 1.78. The van der Waals surface area contributed by atoms with Gasteiger partial charge in [-0.1, -0.05) is 18.2 Å². The van der Waals surface area contributed by atoms with Crippen LogP contribution in [0.1, 0.15) is 6.92 Å². The maximum absolute atomic E-state index is 11.2. The van der Waals surface area contributed by atoms with Gasteiger partial charge in [-0.15, -0.1) is 0 Å². The minimum Gasteiger partial charge on any atom is -0.496 e. The van der Waals surface area contributed by atoms with Crippen molar-refractivity contribution in [3.63, 3.8) is 0 Å². The highest BCUT2D eigenvalue weighted by Crippen LogP contribution is 2.35. The van der Waals surface area contributed by atoms with Gasteiger partial charge in [-0.3, -0.25) is 4.79 Å². The Morgan fingerprint density at radius 2 is 1.93 bits per heavy atom. The summed E-state index contributed by atoms with van der Waals surface area (Å²) < 4.78 is 7.32. The average molecular weight is 373 g/mol. The van der Waals surface area contributed by atoms with Crippen LogP contribution in [0.25, 0.3) is 27.9 Å². The summed E-state index contributed by atoms with van der Waals surface area (Å²) >= 11 is 0. The molecule has 0 unspecified atom stereocenters. The quantitative estimate of drug-likeness (QED) is 0.570. The second-order valence-electron chi connectivity index (χ2n) is 6.35. The second-order valence-corrected chi connectivity index (χ2v) is 6.35. The molecule has 0 aliphatic rings. The Bertz CT molecular complexity index is 1180. The summed E-state index contributed by atoms with van der Waals surface area (Å²) in [4.78, 5) is 20.0. The third-order valence-corrected chi connectivity index (χ3v) is 4.40. The van der Waals surface area contributed by atoms with Gasteiger partial charge in [0.2, 0.25) is 5.91 Å². The standard InChI is InChI=1S/C21H19N5O2/c1-13(27)24-19-12-26-11-14(7-8-20(26)25-19)15-9-17(21(22)23-10-15)16-5-3-4-6-18(16)28-2/h3-12H,1-2H3,(H2,22,23)(H,24,27). The van der Waals surface area contributed by atoms with E-state index in [0.29, 0.717) is 11.6 Å². The van der Waals surface area contributed by atoms with Crippen molar-refractivity contribution >= 4 is 23.2 Å². The Morgan fingerprint density at radius 1 is 1.11 bits per heavy atom. The van der Waals surface area contributed by atoms with E-state index in [-0.39, 0.29) is 5.91 Å². The van der Waals surface area contributed by atoms with E-state index in [4.69, 9.17) is 10.5 Å². The summed E-state index contributed by atoms with van der Waals surface area (Å²) in [5.41, 5.74) is 10.4. The Kier molecular flexibility index (Phi) is 4.41. The van der Waals surface area contributed by atoms with E-state index in [9.17, 15) is 4.79 Å². The van der Waals surface area contributed by atoms with Gasteiger partial charge in [-0.05, 0) is 24.3 Å². The number of rotatable bonds is 4. The van der Waals surface area contributed by atoms with E-state index >= 15 is 0 Å². The lowest BCUT2D eigenvalue weighted by molar-refractivity contribution is -0.114. The Labute approximate surface area is 161 Å². The zero-order chi connectivity index (χ0) is 19.7. The molecule has 0 saturated heterocycles. The van der Waals surface area contributed by atoms with Gasteiger partial charge in [0, 0.05) is 41.6 Å². The minimum absolute atomic E-state index is 0.159. The van der Waals surface area contributed by atoms with Crippen molar-refractivity contribution in [1.82, 2.24) is 14.4 Å². The van der Waals surface area contributed by atoms with E-state index in [0.717, 1.165) is 33.7 Å². The highest BCUT2D eigenvalue weighted by Gasteiger charge is 2.12. The summed E-state index contributed by atoms with van der Waals surface area (Å²) in [6.45, 7) is 1.45. The van der Waals surface area contributed by atoms with Gasteiger partial charge in [-0.25, -0.2) is 9.97 Å². The first-order chi connectivity index (χ1) is 13.5. The molecular formula is C21H19N5O2. The van der Waals surface area contributed by atoms with Crippen LogP contribution in [-0.2, 0) is 4.79 Å². The maximum atomic E-state index is 11.2. The number of carbonyl (C=O) groups excluding carboxylic acids is 1. The molecule has 3 heterocycles. The van der Waals surface area contributed by atoms with Gasteiger partial charge >= 0.3 is 0 Å². The SMILES string of the molecule is COc1ccccc1-c1cc(-c2ccc3nc(NC(C)=O)cn3c2)cnc1N. The van der Waals surface area contributed by atoms with Gasteiger partial charge in [-0.2, -0.15) is 0 Å². The largest absolute Gasteiger partial charge is 0.496 e. The zero-order valence-electron chi connectivity index (χ0n) is 15.5. The molecule has 0 bridgehead atoms. The Hall–Kier alpha value is -3.87. The van der Waals surface area contributed by atoms with E-state index in [1.165, 1.54) is 6.92 Å². The van der Waals surface area contributed by atoms with Crippen LogP contribution in [0, 0.1) is 0 Å². The lowest BCUT2D eigenvalue weighted by Gasteiger charge is -2.12. The Morgan fingerprint density at radius 3 is 2.71 bits per heavy atom. The highest BCUT2D eigenvalue weighted by molar-refractivity contribution is 5.88. The zero-order valence-corrected chi connectivity index (χ0v) is 15.5. The second kappa shape index (κ2) is 7.03. The molecular weight excluding hydrogens is 354 g/mol. The number of carbonyl (C=O) groups is 1. The lowest BCUT2D eigenvalue weighted by Crippen LogP contribution is -2.05. The molecule has 3 aromatic heterocycles. The van der Waals surface area contributed by atoms with Gasteiger partial charge in [0.05, 0.1) is 13.3 Å². The van der Waals surface area contributed by atoms with Crippen LogP contribution in [0.15, 0.2) is 61.1 Å². The van der Waals surface area contributed by atoms with Crippen LogP contribution in [0.5, 0.6) is 5.75 Å². The fourth-order valence-electron chi connectivity index (χ4n) is 3.12. The first-order valence-corrected chi connectivity index (χ1v) is 8.71. The first-order valence-electron chi connectivity index (χ1n) is 8.71. The van der Waals surface area contributed by atoms with Crippen molar-refractivity contribution in [1.29, 1.82) is 0 Å². The predicted octanol–water partition coefficient (Wildman–Crippen LogP) is 3.61. The number of nitrogens with one attached hydrogen (secondary N) is 1. The summed E-state index contributed by atoms with van der Waals surface area (Å²) in [5, 5.41) is 2.69. The van der Waals surface area contributed by atoms with Crippen molar-refractivity contribution in [2.24, 2.45) is 0 Å².